The number of fused-ring (bicyclic) bond motifs is 1. The van der Waals surface area contributed by atoms with Crippen LogP contribution in [0.5, 0.6) is 5.75 Å². The second-order valence-electron chi connectivity index (χ2n) is 9.64. The lowest BCUT2D eigenvalue weighted by molar-refractivity contribution is -0.146. The van der Waals surface area contributed by atoms with E-state index in [4.69, 9.17) is 15.2 Å². The molecule has 0 radical (unpaired) electrons. The van der Waals surface area contributed by atoms with E-state index in [-0.39, 0.29) is 47.3 Å². The molecule has 11 nitrogen and oxygen atoms in total. The second-order valence-corrected chi connectivity index (χ2v) is 9.64. The molecule has 2 aromatic carbocycles. The lowest BCUT2D eigenvalue weighted by Crippen LogP contribution is -2.31. The summed E-state index contributed by atoms with van der Waals surface area (Å²) in [6.45, 7) is 0.171. The van der Waals surface area contributed by atoms with E-state index in [0.717, 1.165) is 11.6 Å². The zero-order chi connectivity index (χ0) is 28.4. The maximum atomic E-state index is 13.8. The van der Waals surface area contributed by atoms with Crippen molar-refractivity contribution in [3.63, 3.8) is 0 Å². The standard InChI is InChI=1S/C28H29FN6O5/c1-39-22-12-7-18(29)13-21(22)26(36)31-14-16-3-8-19(9-4-16)34-23-24(30)32-15-33-25(23)35(28(34)38)20-10-5-17(6-11-20)27(37)40-2/h3-4,7-9,12-13,15,17,20H,5-6,10-11,14H2,1-2H3,(H,31,36)(H2,30,32,33)/t17-,20-. The lowest BCUT2D eigenvalue weighted by atomic mass is 9.86. The monoisotopic (exact) mass is 548 g/mol. The van der Waals surface area contributed by atoms with Crippen LogP contribution in [0.15, 0.2) is 53.6 Å². The number of halogens is 1. The molecule has 1 aliphatic rings. The van der Waals surface area contributed by atoms with Crippen LogP contribution in [-0.2, 0) is 16.1 Å². The number of nitrogens with zero attached hydrogens (tertiary/aromatic N) is 4. The molecule has 0 aliphatic heterocycles. The molecule has 12 heteroatoms. The number of amides is 1. The molecule has 0 saturated heterocycles. The van der Waals surface area contributed by atoms with Crippen LogP contribution in [0.4, 0.5) is 10.2 Å². The second kappa shape index (κ2) is 11.2. The largest absolute Gasteiger partial charge is 0.496 e. The number of hydrogen-bond acceptors (Lipinski definition) is 8. The van der Waals surface area contributed by atoms with Crippen molar-refractivity contribution in [2.24, 2.45) is 5.92 Å². The van der Waals surface area contributed by atoms with Gasteiger partial charge in [0.05, 0.1) is 31.4 Å². The first-order valence-electron chi connectivity index (χ1n) is 12.8. The van der Waals surface area contributed by atoms with Crippen LogP contribution in [-0.4, -0.2) is 45.2 Å². The molecule has 1 fully saturated rings. The summed E-state index contributed by atoms with van der Waals surface area (Å²) >= 11 is 0. The van der Waals surface area contributed by atoms with E-state index in [0.29, 0.717) is 42.5 Å². The number of ether oxygens (including phenoxy) is 2. The smallest absolute Gasteiger partial charge is 0.335 e. The number of carbonyl (C=O) groups excluding carboxylic acids is 2. The normalized spacial score (nSPS) is 17.0. The number of benzene rings is 2. The number of esters is 1. The van der Waals surface area contributed by atoms with Gasteiger partial charge in [0.2, 0.25) is 0 Å². The van der Waals surface area contributed by atoms with E-state index in [1.165, 1.54) is 37.2 Å². The number of nitrogens with two attached hydrogens (primary N) is 1. The van der Waals surface area contributed by atoms with E-state index in [9.17, 15) is 18.8 Å². The van der Waals surface area contributed by atoms with Crippen molar-refractivity contribution < 1.29 is 23.5 Å². The van der Waals surface area contributed by atoms with Crippen molar-refractivity contribution in [3.8, 4) is 11.4 Å². The Morgan fingerprint density at radius 2 is 1.80 bits per heavy atom. The van der Waals surface area contributed by atoms with Crippen LogP contribution >= 0.6 is 0 Å². The van der Waals surface area contributed by atoms with Gasteiger partial charge in [-0.15, -0.1) is 0 Å². The molecule has 0 spiro atoms. The van der Waals surface area contributed by atoms with E-state index >= 15 is 0 Å². The number of nitrogen functional groups attached to an aromatic ring is 1. The van der Waals surface area contributed by atoms with Crippen molar-refractivity contribution in [1.29, 1.82) is 0 Å². The summed E-state index contributed by atoms with van der Waals surface area (Å²) in [5, 5.41) is 2.76. The summed E-state index contributed by atoms with van der Waals surface area (Å²) in [6, 6.07) is 10.6. The average molecular weight is 549 g/mol. The van der Waals surface area contributed by atoms with E-state index in [2.05, 4.69) is 15.3 Å². The highest BCUT2D eigenvalue weighted by Gasteiger charge is 2.31. The summed E-state index contributed by atoms with van der Waals surface area (Å²) in [4.78, 5) is 46.9. The van der Waals surface area contributed by atoms with Gasteiger partial charge in [0, 0.05) is 12.6 Å². The van der Waals surface area contributed by atoms with E-state index < -0.39 is 11.7 Å². The highest BCUT2D eigenvalue weighted by molar-refractivity contribution is 5.96. The van der Waals surface area contributed by atoms with Crippen LogP contribution in [0, 0.1) is 11.7 Å². The van der Waals surface area contributed by atoms with E-state index in [1.54, 1.807) is 28.8 Å². The quantitative estimate of drug-likeness (QED) is 0.335. The molecule has 0 bridgehead atoms. The van der Waals surface area contributed by atoms with Crippen molar-refractivity contribution in [3.05, 3.63) is 76.2 Å². The van der Waals surface area contributed by atoms with Crippen LogP contribution in [0.3, 0.4) is 0 Å². The predicted octanol–water partition coefficient (Wildman–Crippen LogP) is 3.15. The van der Waals surface area contributed by atoms with Gasteiger partial charge in [-0.25, -0.2) is 19.2 Å². The maximum absolute atomic E-state index is 13.8. The van der Waals surface area contributed by atoms with Gasteiger partial charge in [0.1, 0.15) is 23.4 Å². The van der Waals surface area contributed by atoms with Crippen LogP contribution < -0.4 is 21.5 Å². The molecule has 0 unspecified atom stereocenters. The highest BCUT2D eigenvalue weighted by atomic mass is 19.1. The zero-order valence-electron chi connectivity index (χ0n) is 22.1. The molecule has 5 rings (SSSR count). The number of methoxy groups -OCH3 is 2. The van der Waals surface area contributed by atoms with Gasteiger partial charge >= 0.3 is 11.7 Å². The molecule has 0 atom stereocenters. The van der Waals surface area contributed by atoms with Crippen LogP contribution in [0.2, 0.25) is 0 Å². The number of carbonyl (C=O) groups is 2. The first-order valence-corrected chi connectivity index (χ1v) is 12.8. The minimum absolute atomic E-state index is 0.0922. The van der Waals surface area contributed by atoms with E-state index in [1.807, 2.05) is 0 Å². The molecule has 1 saturated carbocycles. The first kappa shape index (κ1) is 26.9. The topological polar surface area (TPSA) is 143 Å². The third-order valence-electron chi connectivity index (χ3n) is 7.33. The molecule has 2 heterocycles. The van der Waals surface area contributed by atoms with Crippen molar-refractivity contribution in [2.75, 3.05) is 20.0 Å². The summed E-state index contributed by atoms with van der Waals surface area (Å²) in [7, 11) is 2.79. The summed E-state index contributed by atoms with van der Waals surface area (Å²) in [5.74, 6) is -0.995. The number of nitrogens with one attached hydrogen (secondary N) is 1. The van der Waals surface area contributed by atoms with Crippen LogP contribution in [0.1, 0.15) is 47.6 Å². The van der Waals surface area contributed by atoms with Crippen LogP contribution in [0.25, 0.3) is 16.9 Å². The summed E-state index contributed by atoms with van der Waals surface area (Å²) < 4.78 is 26.8. The van der Waals surface area contributed by atoms with Gasteiger partial charge in [-0.1, -0.05) is 12.1 Å². The van der Waals surface area contributed by atoms with Gasteiger partial charge in [-0.2, -0.15) is 0 Å². The Balaban J connectivity index is 1.40. The average Bonchev–Trinajstić information content (AvgIpc) is 3.28. The summed E-state index contributed by atoms with van der Waals surface area (Å²) in [6.07, 6.45) is 3.80. The van der Waals surface area contributed by atoms with Crippen molar-refractivity contribution in [2.45, 2.75) is 38.3 Å². The third-order valence-corrected chi connectivity index (χ3v) is 7.33. The minimum Gasteiger partial charge on any atom is -0.496 e. The minimum atomic E-state index is -0.542. The van der Waals surface area contributed by atoms with Crippen molar-refractivity contribution in [1.82, 2.24) is 24.4 Å². The molecule has 40 heavy (non-hydrogen) atoms. The lowest BCUT2D eigenvalue weighted by Gasteiger charge is -2.27. The van der Waals surface area contributed by atoms with Crippen molar-refractivity contribution >= 4 is 28.9 Å². The Hall–Kier alpha value is -4.74. The highest BCUT2D eigenvalue weighted by Crippen LogP contribution is 2.34. The molecule has 1 amide bonds. The number of anilines is 1. The van der Waals surface area contributed by atoms with Gasteiger partial charge in [-0.3, -0.25) is 18.7 Å². The molecule has 3 N–H and O–H groups in total. The third kappa shape index (κ3) is 4.99. The van der Waals surface area contributed by atoms with Gasteiger partial charge in [0.15, 0.2) is 11.5 Å². The van der Waals surface area contributed by atoms with Gasteiger partial charge in [0.25, 0.3) is 5.91 Å². The molecule has 208 valence electrons. The fourth-order valence-electron chi connectivity index (χ4n) is 5.27. The molecule has 4 aromatic rings. The molecule has 1 aliphatic carbocycles. The predicted molar refractivity (Wildman–Crippen MR) is 145 cm³/mol. The fraction of sp³-hybridized carbons (Fsp3) is 0.321. The maximum Gasteiger partial charge on any atom is 0.335 e. The number of imidazole rings is 1. The summed E-state index contributed by atoms with van der Waals surface area (Å²) in [5.41, 5.74) is 8.16. The zero-order valence-corrected chi connectivity index (χ0v) is 22.1. The molecular formula is C28H29FN6O5. The van der Waals surface area contributed by atoms with Gasteiger partial charge < -0.3 is 20.5 Å². The Kier molecular flexibility index (Phi) is 7.50. The van der Waals surface area contributed by atoms with Gasteiger partial charge in [-0.05, 0) is 61.6 Å². The Morgan fingerprint density at radius 1 is 1.07 bits per heavy atom. The number of aromatic nitrogens is 4. The Bertz CT molecular complexity index is 1620. The SMILES string of the molecule is COc1ccc(F)cc1C(=O)NCc1ccc(-n2c(=O)n([C@H]3CC[C@H](C(=O)OC)CC3)c3ncnc(N)c32)cc1. The number of rotatable bonds is 7. The Labute approximate surface area is 228 Å². The molecular weight excluding hydrogens is 519 g/mol. The Morgan fingerprint density at radius 3 is 2.48 bits per heavy atom. The number of hydrogen-bond donors (Lipinski definition) is 2. The fourth-order valence-corrected chi connectivity index (χ4v) is 5.27. The molecule has 2 aromatic heterocycles. The first-order chi connectivity index (χ1) is 19.3.